The van der Waals surface area contributed by atoms with E-state index in [0.29, 0.717) is 29.8 Å². The molecule has 0 aromatic carbocycles. The SMILES string of the molecule is COCCn1ncc(Cl)c1C(=O)C(C)(C)C1CCCNC1. The fraction of sp³-hybridized carbons (Fsp3) is 0.733. The molecule has 2 rings (SSSR count). The summed E-state index contributed by atoms with van der Waals surface area (Å²) in [6.45, 7) is 6.97. The molecule has 0 radical (unpaired) electrons. The first-order chi connectivity index (χ1) is 9.98. The fourth-order valence-corrected chi connectivity index (χ4v) is 3.12. The van der Waals surface area contributed by atoms with Gasteiger partial charge in [0.1, 0.15) is 5.69 Å². The molecule has 21 heavy (non-hydrogen) atoms. The first kappa shape index (κ1) is 16.5. The maximum Gasteiger partial charge on any atom is 0.188 e. The van der Waals surface area contributed by atoms with Crippen LogP contribution < -0.4 is 5.32 Å². The second-order valence-electron chi connectivity index (χ2n) is 6.15. The van der Waals surface area contributed by atoms with Crippen LogP contribution in [-0.4, -0.2) is 42.4 Å². The normalized spacial score (nSPS) is 19.7. The van der Waals surface area contributed by atoms with E-state index < -0.39 is 5.41 Å². The largest absolute Gasteiger partial charge is 0.383 e. The maximum absolute atomic E-state index is 13.0. The van der Waals surface area contributed by atoms with Gasteiger partial charge in [0, 0.05) is 12.5 Å². The Labute approximate surface area is 131 Å². The highest BCUT2D eigenvalue weighted by molar-refractivity contribution is 6.33. The Morgan fingerprint density at radius 3 is 3.00 bits per heavy atom. The van der Waals surface area contributed by atoms with Crippen molar-refractivity contribution in [1.82, 2.24) is 15.1 Å². The summed E-state index contributed by atoms with van der Waals surface area (Å²) >= 11 is 6.20. The van der Waals surface area contributed by atoms with Crippen LogP contribution in [0.1, 0.15) is 37.2 Å². The molecule has 0 saturated carbocycles. The summed E-state index contributed by atoms with van der Waals surface area (Å²) in [7, 11) is 1.63. The Hall–Kier alpha value is -0.910. The van der Waals surface area contributed by atoms with E-state index in [-0.39, 0.29) is 5.78 Å². The number of ketones is 1. The second-order valence-corrected chi connectivity index (χ2v) is 6.56. The molecule has 5 nitrogen and oxygen atoms in total. The highest BCUT2D eigenvalue weighted by Gasteiger charge is 2.40. The topological polar surface area (TPSA) is 56.2 Å². The Balaban J connectivity index is 2.23. The van der Waals surface area contributed by atoms with Crippen LogP contribution in [0.15, 0.2) is 6.20 Å². The van der Waals surface area contributed by atoms with E-state index in [0.717, 1.165) is 25.9 Å². The van der Waals surface area contributed by atoms with Crippen molar-refractivity contribution in [2.75, 3.05) is 26.8 Å². The van der Waals surface area contributed by atoms with Gasteiger partial charge in [-0.3, -0.25) is 9.48 Å². The lowest BCUT2D eigenvalue weighted by Crippen LogP contribution is -2.43. The van der Waals surface area contributed by atoms with Crippen LogP contribution in [0.2, 0.25) is 5.02 Å². The predicted octanol–water partition coefficient (Wildman–Crippen LogP) is 2.39. The van der Waals surface area contributed by atoms with E-state index in [1.54, 1.807) is 18.0 Å². The minimum atomic E-state index is -0.456. The van der Waals surface area contributed by atoms with Crippen molar-refractivity contribution in [3.63, 3.8) is 0 Å². The molecule has 2 heterocycles. The number of piperidine rings is 1. The molecule has 0 bridgehead atoms. The van der Waals surface area contributed by atoms with Crippen LogP contribution in [0.25, 0.3) is 0 Å². The quantitative estimate of drug-likeness (QED) is 0.819. The molecular formula is C15H24ClN3O2. The number of rotatable bonds is 6. The van der Waals surface area contributed by atoms with Crippen LogP contribution in [0.5, 0.6) is 0 Å². The number of Topliss-reactive ketones (excluding diaryl/α,β-unsaturated/α-hetero) is 1. The van der Waals surface area contributed by atoms with Crippen LogP contribution >= 0.6 is 11.6 Å². The number of hydrogen-bond acceptors (Lipinski definition) is 4. The van der Waals surface area contributed by atoms with Crippen LogP contribution in [0, 0.1) is 11.3 Å². The summed E-state index contributed by atoms with van der Waals surface area (Å²) in [5.74, 6) is 0.385. The van der Waals surface area contributed by atoms with Crippen molar-refractivity contribution in [3.05, 3.63) is 16.9 Å². The monoisotopic (exact) mass is 313 g/mol. The van der Waals surface area contributed by atoms with Crippen molar-refractivity contribution in [2.24, 2.45) is 11.3 Å². The molecule has 1 unspecified atom stereocenters. The zero-order valence-electron chi connectivity index (χ0n) is 13.0. The molecule has 1 aromatic rings. The molecule has 1 aliphatic heterocycles. The van der Waals surface area contributed by atoms with Crippen molar-refractivity contribution in [1.29, 1.82) is 0 Å². The molecule has 118 valence electrons. The maximum atomic E-state index is 13.0. The molecule has 1 N–H and O–H groups in total. The summed E-state index contributed by atoms with van der Waals surface area (Å²) in [6, 6.07) is 0. The molecule has 1 atom stereocenters. The first-order valence-electron chi connectivity index (χ1n) is 7.44. The van der Waals surface area contributed by atoms with Crippen molar-refractivity contribution >= 4 is 17.4 Å². The molecular weight excluding hydrogens is 290 g/mol. The van der Waals surface area contributed by atoms with E-state index in [2.05, 4.69) is 10.4 Å². The van der Waals surface area contributed by atoms with Gasteiger partial charge >= 0.3 is 0 Å². The molecule has 1 aliphatic rings. The van der Waals surface area contributed by atoms with E-state index in [9.17, 15) is 4.79 Å². The number of halogens is 1. The minimum Gasteiger partial charge on any atom is -0.383 e. The number of hydrogen-bond donors (Lipinski definition) is 1. The van der Waals surface area contributed by atoms with Gasteiger partial charge in [0.25, 0.3) is 0 Å². The predicted molar refractivity (Wildman–Crippen MR) is 82.8 cm³/mol. The van der Waals surface area contributed by atoms with Gasteiger partial charge in [-0.1, -0.05) is 25.4 Å². The minimum absolute atomic E-state index is 0.0646. The van der Waals surface area contributed by atoms with Crippen LogP contribution in [-0.2, 0) is 11.3 Å². The van der Waals surface area contributed by atoms with Gasteiger partial charge in [-0.2, -0.15) is 5.10 Å². The van der Waals surface area contributed by atoms with E-state index in [1.807, 2.05) is 13.8 Å². The highest BCUT2D eigenvalue weighted by Crippen LogP contribution is 2.36. The van der Waals surface area contributed by atoms with Gasteiger partial charge in [0.2, 0.25) is 0 Å². The standard InChI is InChI=1S/C15H24ClN3O2/c1-15(2,11-5-4-6-17-9-11)14(20)13-12(16)10-18-19(13)7-8-21-3/h10-11,17H,4-9H2,1-3H3. The number of carbonyl (C=O) groups excluding carboxylic acids is 1. The summed E-state index contributed by atoms with van der Waals surface area (Å²) in [5.41, 5.74) is 0.0475. The van der Waals surface area contributed by atoms with Crippen molar-refractivity contribution in [3.8, 4) is 0 Å². The number of carbonyl (C=O) groups is 1. The molecule has 1 fully saturated rings. The molecule has 1 aromatic heterocycles. The molecule has 6 heteroatoms. The Kier molecular flexibility index (Phi) is 5.41. The Morgan fingerprint density at radius 1 is 1.62 bits per heavy atom. The molecule has 0 amide bonds. The van der Waals surface area contributed by atoms with Gasteiger partial charge in [0.05, 0.1) is 24.4 Å². The lowest BCUT2D eigenvalue weighted by Gasteiger charge is -2.36. The number of ether oxygens (including phenoxy) is 1. The highest BCUT2D eigenvalue weighted by atomic mass is 35.5. The smallest absolute Gasteiger partial charge is 0.188 e. The van der Waals surface area contributed by atoms with Gasteiger partial charge in [0.15, 0.2) is 5.78 Å². The molecule has 0 spiro atoms. The summed E-state index contributed by atoms with van der Waals surface area (Å²) in [4.78, 5) is 13.0. The first-order valence-corrected chi connectivity index (χ1v) is 7.82. The molecule has 1 saturated heterocycles. The van der Waals surface area contributed by atoms with E-state index in [1.165, 1.54) is 0 Å². The zero-order valence-corrected chi connectivity index (χ0v) is 13.7. The summed E-state index contributed by atoms with van der Waals surface area (Å²) in [6.07, 6.45) is 3.72. The number of aromatic nitrogens is 2. The Bertz CT molecular complexity index is 493. The fourth-order valence-electron chi connectivity index (χ4n) is 2.89. The van der Waals surface area contributed by atoms with Gasteiger partial charge in [-0.25, -0.2) is 0 Å². The van der Waals surface area contributed by atoms with E-state index >= 15 is 0 Å². The lowest BCUT2D eigenvalue weighted by atomic mass is 9.71. The lowest BCUT2D eigenvalue weighted by molar-refractivity contribution is 0.0693. The third kappa shape index (κ3) is 3.47. The summed E-state index contributed by atoms with van der Waals surface area (Å²) in [5, 5.41) is 8.00. The van der Waals surface area contributed by atoms with Crippen LogP contribution in [0.4, 0.5) is 0 Å². The average molecular weight is 314 g/mol. The second kappa shape index (κ2) is 6.90. The molecule has 0 aliphatic carbocycles. The number of nitrogens with zero attached hydrogens (tertiary/aromatic N) is 2. The Morgan fingerprint density at radius 2 is 2.38 bits per heavy atom. The third-order valence-electron chi connectivity index (χ3n) is 4.42. The number of methoxy groups -OCH3 is 1. The third-order valence-corrected chi connectivity index (χ3v) is 4.70. The van der Waals surface area contributed by atoms with Crippen molar-refractivity contribution in [2.45, 2.75) is 33.2 Å². The zero-order chi connectivity index (χ0) is 15.5. The average Bonchev–Trinajstić information content (AvgIpc) is 2.86. The summed E-state index contributed by atoms with van der Waals surface area (Å²) < 4.78 is 6.73. The van der Waals surface area contributed by atoms with E-state index in [4.69, 9.17) is 16.3 Å². The van der Waals surface area contributed by atoms with Gasteiger partial charge in [-0.05, 0) is 31.8 Å². The van der Waals surface area contributed by atoms with Gasteiger partial charge in [-0.15, -0.1) is 0 Å². The number of nitrogens with one attached hydrogen (secondary N) is 1. The van der Waals surface area contributed by atoms with Gasteiger partial charge < -0.3 is 10.1 Å². The van der Waals surface area contributed by atoms with Crippen molar-refractivity contribution < 1.29 is 9.53 Å². The van der Waals surface area contributed by atoms with Crippen LogP contribution in [0.3, 0.4) is 0 Å².